The number of carbonyl (C=O) groups excluding carboxylic acids is 2. The quantitative estimate of drug-likeness (QED) is 0.723. The SMILES string of the molecule is NC(=O)CCNC(=O)c1ccc(-c2conc2-c2ccccc2)cc1. The lowest BCUT2D eigenvalue weighted by Crippen LogP contribution is -2.27. The van der Waals surface area contributed by atoms with E-state index in [1.54, 1.807) is 18.4 Å². The van der Waals surface area contributed by atoms with Crippen LogP contribution in [0.2, 0.25) is 0 Å². The number of amides is 2. The normalized spacial score (nSPS) is 10.4. The maximum atomic E-state index is 12.0. The first-order chi connectivity index (χ1) is 12.1. The zero-order chi connectivity index (χ0) is 17.6. The summed E-state index contributed by atoms with van der Waals surface area (Å²) in [5, 5.41) is 6.73. The predicted octanol–water partition coefficient (Wildman–Crippen LogP) is 2.61. The topological polar surface area (TPSA) is 98.2 Å². The molecule has 3 rings (SSSR count). The van der Waals surface area contributed by atoms with E-state index < -0.39 is 5.91 Å². The van der Waals surface area contributed by atoms with Crippen LogP contribution in [0.15, 0.2) is 65.4 Å². The van der Waals surface area contributed by atoms with E-state index in [9.17, 15) is 9.59 Å². The molecule has 6 nitrogen and oxygen atoms in total. The summed E-state index contributed by atoms with van der Waals surface area (Å²) in [4.78, 5) is 22.7. The molecule has 1 heterocycles. The molecule has 0 saturated carbocycles. The van der Waals surface area contributed by atoms with Crippen molar-refractivity contribution >= 4 is 11.8 Å². The van der Waals surface area contributed by atoms with Crippen LogP contribution in [0.1, 0.15) is 16.8 Å². The fourth-order valence-corrected chi connectivity index (χ4v) is 2.45. The second kappa shape index (κ2) is 7.44. The minimum Gasteiger partial charge on any atom is -0.370 e. The summed E-state index contributed by atoms with van der Waals surface area (Å²) >= 11 is 0. The number of hydrogen-bond donors (Lipinski definition) is 2. The first kappa shape index (κ1) is 16.4. The minimum atomic E-state index is -0.448. The summed E-state index contributed by atoms with van der Waals surface area (Å²) < 4.78 is 5.13. The molecule has 0 fully saturated rings. The van der Waals surface area contributed by atoms with E-state index in [1.807, 2.05) is 42.5 Å². The molecule has 1 aromatic heterocycles. The van der Waals surface area contributed by atoms with Crippen molar-refractivity contribution in [1.29, 1.82) is 0 Å². The molecule has 0 saturated heterocycles. The van der Waals surface area contributed by atoms with Gasteiger partial charge in [0, 0.05) is 29.7 Å². The lowest BCUT2D eigenvalue weighted by atomic mass is 10.0. The molecule has 126 valence electrons. The number of nitrogens with zero attached hydrogens (tertiary/aromatic N) is 1. The second-order valence-corrected chi connectivity index (χ2v) is 5.49. The van der Waals surface area contributed by atoms with Crippen molar-refractivity contribution in [3.63, 3.8) is 0 Å². The van der Waals surface area contributed by atoms with E-state index in [0.29, 0.717) is 5.56 Å². The van der Waals surface area contributed by atoms with Gasteiger partial charge >= 0.3 is 0 Å². The third kappa shape index (κ3) is 3.92. The second-order valence-electron chi connectivity index (χ2n) is 5.49. The third-order valence-electron chi connectivity index (χ3n) is 3.73. The molecule has 3 aromatic rings. The Morgan fingerprint density at radius 3 is 2.40 bits per heavy atom. The molecule has 3 N–H and O–H groups in total. The fraction of sp³-hybridized carbons (Fsp3) is 0.105. The fourth-order valence-electron chi connectivity index (χ4n) is 2.45. The molecule has 2 amide bonds. The van der Waals surface area contributed by atoms with E-state index in [4.69, 9.17) is 10.3 Å². The van der Waals surface area contributed by atoms with Crippen molar-refractivity contribution in [2.45, 2.75) is 6.42 Å². The molecule has 0 unspecified atom stereocenters. The van der Waals surface area contributed by atoms with E-state index >= 15 is 0 Å². The number of benzene rings is 2. The van der Waals surface area contributed by atoms with E-state index in [-0.39, 0.29) is 18.9 Å². The summed E-state index contributed by atoms with van der Waals surface area (Å²) in [6.45, 7) is 0.222. The lowest BCUT2D eigenvalue weighted by Gasteiger charge is -2.05. The van der Waals surface area contributed by atoms with Crippen LogP contribution >= 0.6 is 0 Å². The van der Waals surface area contributed by atoms with E-state index in [2.05, 4.69) is 10.5 Å². The third-order valence-corrected chi connectivity index (χ3v) is 3.73. The number of nitrogens with two attached hydrogens (primary N) is 1. The van der Waals surface area contributed by atoms with Crippen LogP contribution < -0.4 is 11.1 Å². The van der Waals surface area contributed by atoms with Crippen LogP contribution in [0.4, 0.5) is 0 Å². The Hall–Kier alpha value is -3.41. The van der Waals surface area contributed by atoms with Gasteiger partial charge in [-0.2, -0.15) is 0 Å². The highest BCUT2D eigenvalue weighted by atomic mass is 16.5. The van der Waals surface area contributed by atoms with Crippen molar-refractivity contribution in [2.75, 3.05) is 6.54 Å². The van der Waals surface area contributed by atoms with Gasteiger partial charge in [0.1, 0.15) is 12.0 Å². The summed E-state index contributed by atoms with van der Waals surface area (Å²) in [5.74, 6) is -0.696. The smallest absolute Gasteiger partial charge is 0.251 e. The van der Waals surface area contributed by atoms with Gasteiger partial charge in [-0.25, -0.2) is 0 Å². The minimum absolute atomic E-state index is 0.116. The van der Waals surface area contributed by atoms with Crippen LogP contribution in [-0.4, -0.2) is 23.5 Å². The van der Waals surface area contributed by atoms with Gasteiger partial charge in [-0.05, 0) is 17.7 Å². The van der Waals surface area contributed by atoms with Crippen LogP contribution in [-0.2, 0) is 4.79 Å². The average Bonchev–Trinajstić information content (AvgIpc) is 3.12. The lowest BCUT2D eigenvalue weighted by molar-refractivity contribution is -0.117. The summed E-state index contributed by atoms with van der Waals surface area (Å²) in [6.07, 6.45) is 1.70. The molecular weight excluding hydrogens is 318 g/mol. The molecule has 0 radical (unpaired) electrons. The molecular formula is C19H17N3O3. The Morgan fingerprint density at radius 2 is 1.72 bits per heavy atom. The number of primary amides is 1. The van der Waals surface area contributed by atoms with Gasteiger partial charge in [0.2, 0.25) is 5.91 Å². The first-order valence-electron chi connectivity index (χ1n) is 7.82. The summed E-state index contributed by atoms with van der Waals surface area (Å²) in [6, 6.07) is 16.8. The van der Waals surface area contributed by atoms with E-state index in [1.165, 1.54) is 0 Å². The zero-order valence-electron chi connectivity index (χ0n) is 13.4. The Morgan fingerprint density at radius 1 is 1.00 bits per heavy atom. The van der Waals surface area contributed by atoms with Crippen molar-refractivity contribution in [3.8, 4) is 22.4 Å². The highest BCUT2D eigenvalue weighted by Gasteiger charge is 2.13. The maximum Gasteiger partial charge on any atom is 0.251 e. The highest BCUT2D eigenvalue weighted by molar-refractivity contribution is 5.95. The van der Waals surface area contributed by atoms with Gasteiger partial charge in [-0.3, -0.25) is 9.59 Å². The van der Waals surface area contributed by atoms with Crippen LogP contribution in [0.5, 0.6) is 0 Å². The number of hydrogen-bond acceptors (Lipinski definition) is 4. The molecule has 6 heteroatoms. The number of nitrogens with one attached hydrogen (secondary N) is 1. The predicted molar refractivity (Wildman–Crippen MR) is 93.5 cm³/mol. The molecule has 0 atom stereocenters. The van der Waals surface area contributed by atoms with Crippen LogP contribution in [0.25, 0.3) is 22.4 Å². The van der Waals surface area contributed by atoms with E-state index in [0.717, 1.165) is 22.4 Å². The average molecular weight is 335 g/mol. The van der Waals surface area contributed by atoms with Gasteiger partial charge < -0.3 is 15.6 Å². The Kier molecular flexibility index (Phi) is 4.89. The summed E-state index contributed by atoms with van der Waals surface area (Å²) in [7, 11) is 0. The molecule has 0 spiro atoms. The van der Waals surface area contributed by atoms with Gasteiger partial charge in [0.05, 0.1) is 0 Å². The van der Waals surface area contributed by atoms with Gasteiger partial charge in [-0.1, -0.05) is 47.6 Å². The molecule has 0 aliphatic carbocycles. The largest absolute Gasteiger partial charge is 0.370 e. The highest BCUT2D eigenvalue weighted by Crippen LogP contribution is 2.30. The van der Waals surface area contributed by atoms with Gasteiger partial charge in [0.25, 0.3) is 5.91 Å². The van der Waals surface area contributed by atoms with Gasteiger partial charge in [-0.15, -0.1) is 0 Å². The molecule has 2 aromatic carbocycles. The van der Waals surface area contributed by atoms with Crippen LogP contribution in [0.3, 0.4) is 0 Å². The maximum absolute atomic E-state index is 12.0. The first-order valence-corrected chi connectivity index (χ1v) is 7.82. The van der Waals surface area contributed by atoms with Crippen molar-refractivity contribution in [1.82, 2.24) is 10.5 Å². The molecule has 0 bridgehead atoms. The van der Waals surface area contributed by atoms with Crippen molar-refractivity contribution in [3.05, 3.63) is 66.4 Å². The standard InChI is InChI=1S/C19H17N3O3/c20-17(23)10-11-21-19(24)15-8-6-13(7-9-15)16-12-25-22-18(16)14-4-2-1-3-5-14/h1-9,12H,10-11H2,(H2,20,23)(H,21,24). The summed E-state index contributed by atoms with van der Waals surface area (Å²) in [5.41, 5.74) is 9.01. The Labute approximate surface area is 144 Å². The van der Waals surface area contributed by atoms with Crippen molar-refractivity contribution in [2.24, 2.45) is 5.73 Å². The number of carbonyl (C=O) groups is 2. The monoisotopic (exact) mass is 335 g/mol. The number of rotatable bonds is 6. The van der Waals surface area contributed by atoms with Gasteiger partial charge in [0.15, 0.2) is 0 Å². The molecule has 0 aliphatic heterocycles. The molecule has 25 heavy (non-hydrogen) atoms. The Balaban J connectivity index is 1.77. The van der Waals surface area contributed by atoms with Crippen molar-refractivity contribution < 1.29 is 14.1 Å². The zero-order valence-corrected chi connectivity index (χ0v) is 13.4. The molecule has 0 aliphatic rings. The van der Waals surface area contributed by atoms with Crippen LogP contribution in [0, 0.1) is 0 Å². The Bertz CT molecular complexity index is 870. The number of aromatic nitrogens is 1.